The van der Waals surface area contributed by atoms with Crippen molar-refractivity contribution in [3.05, 3.63) is 99.2 Å². The third-order valence-electron chi connectivity index (χ3n) is 9.66. The monoisotopic (exact) mass is 734 g/mol. The minimum Gasteiger partial charge on any atom is -0.497 e. The van der Waals surface area contributed by atoms with Crippen molar-refractivity contribution in [3.63, 3.8) is 0 Å². The van der Waals surface area contributed by atoms with Crippen LogP contribution in [0.2, 0.25) is 0 Å². The van der Waals surface area contributed by atoms with E-state index in [4.69, 9.17) is 23.4 Å². The zero-order valence-electron chi connectivity index (χ0n) is 30.5. The van der Waals surface area contributed by atoms with Crippen LogP contribution in [0.4, 0.5) is 4.39 Å². The predicted molar refractivity (Wildman–Crippen MR) is 201 cm³/mol. The Labute approximate surface area is 309 Å². The van der Waals surface area contributed by atoms with Gasteiger partial charge in [-0.1, -0.05) is 0 Å². The molecule has 2 amide bonds. The number of fused-ring (bicyclic) bond motifs is 5. The molecule has 2 heterocycles. The average molecular weight is 735 g/mol. The van der Waals surface area contributed by atoms with Crippen molar-refractivity contribution < 1.29 is 37.3 Å². The number of benzene rings is 3. The van der Waals surface area contributed by atoms with Crippen LogP contribution in [0.15, 0.2) is 69.9 Å². The number of hydrogen-bond acceptors (Lipinski definition) is 9. The molecule has 2 aromatic heterocycles. The molecule has 278 valence electrons. The second-order valence-corrected chi connectivity index (χ2v) is 13.0. The molecule has 0 fully saturated rings. The van der Waals surface area contributed by atoms with E-state index in [1.807, 2.05) is 12.1 Å². The van der Waals surface area contributed by atoms with Crippen LogP contribution < -0.4 is 35.0 Å². The minimum absolute atomic E-state index is 0.0498. The van der Waals surface area contributed by atoms with Crippen LogP contribution >= 0.6 is 0 Å². The predicted octanol–water partition coefficient (Wildman–Crippen LogP) is 6.20. The molecule has 1 aliphatic rings. The van der Waals surface area contributed by atoms with E-state index < -0.39 is 11.5 Å². The molecule has 0 radical (unpaired) electrons. The number of amides is 2. The van der Waals surface area contributed by atoms with Gasteiger partial charge in [0, 0.05) is 42.0 Å². The molecule has 3 N–H and O–H groups in total. The standard InChI is InChI=1S/C41H39FN4O8/c1-21(47)44-30-12-8-23-16-34(51-3)40(52-4)41(53-5)37(23)27-18-28-29(20-36(49)43-15-14-35-45-31-13-9-24(42)17-32(31)46-35)38(22-6-10-25(50-2)11-7-22)54-39(28)33(48)19-26(27)30/h6-7,9-11,13,16-19,30H,8,12,14-15,20H2,1-5H3,(H,43,49)(H,44,47)(H,45,46)/t30-/m0/s1. The first kappa shape index (κ1) is 36.0. The third kappa shape index (κ3) is 6.80. The van der Waals surface area contributed by atoms with Gasteiger partial charge in [0.05, 0.1) is 51.9 Å². The number of ether oxygens (including phenoxy) is 4. The summed E-state index contributed by atoms with van der Waals surface area (Å²) in [6.07, 6.45) is 1.24. The summed E-state index contributed by atoms with van der Waals surface area (Å²) in [5.74, 6) is 1.87. The molecule has 12 nitrogen and oxygen atoms in total. The van der Waals surface area contributed by atoms with E-state index in [2.05, 4.69) is 20.6 Å². The molecule has 0 aliphatic heterocycles. The highest BCUT2D eigenvalue weighted by Crippen LogP contribution is 2.51. The highest BCUT2D eigenvalue weighted by molar-refractivity contribution is 5.96. The molecule has 0 unspecified atom stereocenters. The van der Waals surface area contributed by atoms with Crippen LogP contribution in [-0.2, 0) is 28.9 Å². The summed E-state index contributed by atoms with van der Waals surface area (Å²) in [6.45, 7) is 1.68. The summed E-state index contributed by atoms with van der Waals surface area (Å²) < 4.78 is 42.9. The number of carbonyl (C=O) groups excluding carboxylic acids is 2. The van der Waals surface area contributed by atoms with Gasteiger partial charge in [0.25, 0.3) is 0 Å². The Morgan fingerprint density at radius 3 is 2.44 bits per heavy atom. The number of rotatable bonds is 11. The first-order chi connectivity index (χ1) is 26.1. The topological polar surface area (TPSA) is 154 Å². The van der Waals surface area contributed by atoms with Gasteiger partial charge in [-0.3, -0.25) is 14.4 Å². The molecule has 0 spiro atoms. The normalized spacial score (nSPS) is 13.5. The van der Waals surface area contributed by atoms with Crippen molar-refractivity contribution in [3.8, 4) is 45.4 Å². The van der Waals surface area contributed by atoms with Gasteiger partial charge < -0.3 is 39.0 Å². The van der Waals surface area contributed by atoms with Gasteiger partial charge in [-0.2, -0.15) is 0 Å². The van der Waals surface area contributed by atoms with E-state index in [9.17, 15) is 18.8 Å². The number of halogens is 1. The number of hydrogen-bond donors (Lipinski definition) is 3. The second-order valence-electron chi connectivity index (χ2n) is 13.0. The first-order valence-electron chi connectivity index (χ1n) is 17.4. The van der Waals surface area contributed by atoms with Gasteiger partial charge in [-0.25, -0.2) is 9.37 Å². The number of methoxy groups -OCH3 is 4. The Bertz CT molecular complexity index is 2470. The average Bonchev–Trinajstić information content (AvgIpc) is 3.65. The molecule has 1 aliphatic carbocycles. The van der Waals surface area contributed by atoms with Crippen molar-refractivity contribution in [2.75, 3.05) is 35.0 Å². The number of aromatic nitrogens is 2. The van der Waals surface area contributed by atoms with Crippen molar-refractivity contribution in [2.24, 2.45) is 0 Å². The molecule has 13 heteroatoms. The largest absolute Gasteiger partial charge is 0.497 e. The summed E-state index contributed by atoms with van der Waals surface area (Å²) >= 11 is 0. The summed E-state index contributed by atoms with van der Waals surface area (Å²) in [7, 11) is 6.16. The fraction of sp³-hybridized carbons (Fsp3) is 0.268. The van der Waals surface area contributed by atoms with Crippen molar-refractivity contribution in [1.29, 1.82) is 0 Å². The van der Waals surface area contributed by atoms with E-state index in [-0.39, 0.29) is 36.2 Å². The van der Waals surface area contributed by atoms with Crippen LogP contribution in [0.25, 0.3) is 44.5 Å². The van der Waals surface area contributed by atoms with Crippen molar-refractivity contribution in [2.45, 2.75) is 38.6 Å². The van der Waals surface area contributed by atoms with E-state index in [0.29, 0.717) is 98.1 Å². The van der Waals surface area contributed by atoms with Crippen LogP contribution in [-0.4, -0.2) is 56.8 Å². The van der Waals surface area contributed by atoms with Crippen LogP contribution in [0.1, 0.15) is 41.9 Å². The molecule has 0 saturated carbocycles. The zero-order valence-corrected chi connectivity index (χ0v) is 30.5. The number of furan rings is 1. The number of carbonyl (C=O) groups is 2. The highest BCUT2D eigenvalue weighted by atomic mass is 19.1. The maximum Gasteiger partial charge on any atom is 0.224 e. The van der Waals surface area contributed by atoms with E-state index in [0.717, 1.165) is 5.56 Å². The lowest BCUT2D eigenvalue weighted by Crippen LogP contribution is -2.27. The van der Waals surface area contributed by atoms with Gasteiger partial charge in [0.2, 0.25) is 23.0 Å². The Kier molecular flexibility index (Phi) is 9.96. The SMILES string of the molecule is COc1ccc(-c2oc3c(=O)cc4c(cc3c2CC(=O)NCCc2nc3ccc(F)cc3[nH]2)-c2c(cc(OC)c(OC)c2OC)CC[C@@H]4NC(C)=O)cc1. The number of imidazole rings is 1. The number of aromatic amines is 1. The van der Waals surface area contributed by atoms with Crippen molar-refractivity contribution >= 4 is 33.8 Å². The van der Waals surface area contributed by atoms with Gasteiger partial charge in [-0.15, -0.1) is 0 Å². The Hall–Kier alpha value is -6.37. The lowest BCUT2D eigenvalue weighted by atomic mass is 9.94. The maximum atomic E-state index is 14.3. The maximum absolute atomic E-state index is 14.3. The van der Waals surface area contributed by atoms with E-state index in [1.54, 1.807) is 44.6 Å². The summed E-state index contributed by atoms with van der Waals surface area (Å²) in [6, 6.07) is 16.1. The lowest BCUT2D eigenvalue weighted by molar-refractivity contribution is -0.121. The molecule has 7 rings (SSSR count). The molecular formula is C41H39FN4O8. The highest BCUT2D eigenvalue weighted by Gasteiger charge is 2.31. The summed E-state index contributed by atoms with van der Waals surface area (Å²) in [4.78, 5) is 48.1. The molecule has 6 aromatic rings. The van der Waals surface area contributed by atoms with Gasteiger partial charge in [0.15, 0.2) is 17.1 Å². The Morgan fingerprint density at radius 2 is 1.74 bits per heavy atom. The Balaban J connectivity index is 1.38. The quantitative estimate of drug-likeness (QED) is 0.141. The van der Waals surface area contributed by atoms with E-state index in [1.165, 1.54) is 39.3 Å². The van der Waals surface area contributed by atoms with Gasteiger partial charge in [0.1, 0.15) is 23.2 Å². The van der Waals surface area contributed by atoms with Crippen LogP contribution in [0.3, 0.4) is 0 Å². The summed E-state index contributed by atoms with van der Waals surface area (Å²) in [5.41, 5.74) is 4.65. The first-order valence-corrected chi connectivity index (χ1v) is 17.4. The molecule has 54 heavy (non-hydrogen) atoms. The molecule has 0 saturated heterocycles. The molecular weight excluding hydrogens is 695 g/mol. The Morgan fingerprint density at radius 1 is 0.963 bits per heavy atom. The number of aryl methyl sites for hydroxylation is 1. The number of nitrogens with one attached hydrogen (secondary N) is 3. The minimum atomic E-state index is -0.529. The van der Waals surface area contributed by atoms with Crippen LogP contribution in [0.5, 0.6) is 23.0 Å². The fourth-order valence-electron chi connectivity index (χ4n) is 7.23. The second kappa shape index (κ2) is 14.9. The molecule has 4 aromatic carbocycles. The van der Waals surface area contributed by atoms with Crippen molar-refractivity contribution in [1.82, 2.24) is 20.6 Å². The third-order valence-corrected chi connectivity index (χ3v) is 9.66. The molecule has 0 bridgehead atoms. The number of H-pyrrole nitrogens is 1. The zero-order chi connectivity index (χ0) is 38.1. The number of nitrogens with zero attached hydrogens (tertiary/aromatic N) is 1. The van der Waals surface area contributed by atoms with Gasteiger partial charge in [-0.05, 0) is 90.2 Å². The fourth-order valence-corrected chi connectivity index (χ4v) is 7.23. The smallest absolute Gasteiger partial charge is 0.224 e. The van der Waals surface area contributed by atoms with Gasteiger partial charge >= 0.3 is 0 Å². The summed E-state index contributed by atoms with van der Waals surface area (Å²) in [5, 5.41) is 6.41. The van der Waals surface area contributed by atoms with E-state index >= 15 is 0 Å². The van der Waals surface area contributed by atoms with Crippen LogP contribution in [0, 0.1) is 5.82 Å². The molecule has 1 atom stereocenters. The lowest BCUT2D eigenvalue weighted by Gasteiger charge is -2.20.